The van der Waals surface area contributed by atoms with Gasteiger partial charge in [-0.25, -0.2) is 4.98 Å². The summed E-state index contributed by atoms with van der Waals surface area (Å²) in [5, 5.41) is 7.05. The van der Waals surface area contributed by atoms with Gasteiger partial charge in [-0.1, -0.05) is 36.4 Å². The number of aromatic nitrogens is 3. The molecule has 0 spiro atoms. The second-order valence-corrected chi connectivity index (χ2v) is 5.02. The summed E-state index contributed by atoms with van der Waals surface area (Å²) < 4.78 is 1.70. The van der Waals surface area contributed by atoms with E-state index in [0.717, 1.165) is 17.0 Å². The molecule has 0 atom stereocenters. The first-order valence-corrected chi connectivity index (χ1v) is 6.98. The van der Waals surface area contributed by atoms with Gasteiger partial charge < -0.3 is 5.32 Å². The Kier molecular flexibility index (Phi) is 3.70. The van der Waals surface area contributed by atoms with E-state index in [4.69, 9.17) is 0 Å². The van der Waals surface area contributed by atoms with Gasteiger partial charge in [0.25, 0.3) is 5.91 Å². The van der Waals surface area contributed by atoms with Crippen LogP contribution in [-0.4, -0.2) is 20.7 Å². The monoisotopic (exact) mass is 292 g/mol. The summed E-state index contributed by atoms with van der Waals surface area (Å²) in [7, 11) is 1.82. The van der Waals surface area contributed by atoms with E-state index in [9.17, 15) is 4.79 Å². The summed E-state index contributed by atoms with van der Waals surface area (Å²) >= 11 is 0. The van der Waals surface area contributed by atoms with Crippen molar-refractivity contribution in [2.24, 2.45) is 7.05 Å². The summed E-state index contributed by atoms with van der Waals surface area (Å²) in [5.41, 5.74) is 3.13. The second kappa shape index (κ2) is 5.81. The molecule has 3 rings (SSSR count). The van der Waals surface area contributed by atoms with Crippen molar-refractivity contribution in [1.29, 1.82) is 0 Å². The molecular formula is C17H16N4O. The van der Waals surface area contributed by atoms with E-state index in [1.54, 1.807) is 16.8 Å². The molecule has 2 heterocycles. The highest BCUT2D eigenvalue weighted by molar-refractivity contribution is 6.03. The van der Waals surface area contributed by atoms with Gasteiger partial charge in [-0.15, -0.1) is 0 Å². The Morgan fingerprint density at radius 3 is 2.59 bits per heavy atom. The normalized spacial score (nSPS) is 10.5. The predicted octanol–water partition coefficient (Wildman–Crippen LogP) is 3.04. The number of anilines is 1. The van der Waals surface area contributed by atoms with Gasteiger partial charge in [0.1, 0.15) is 5.82 Å². The molecule has 0 unspecified atom stereocenters. The zero-order chi connectivity index (χ0) is 15.5. The van der Waals surface area contributed by atoms with Gasteiger partial charge in [0, 0.05) is 12.7 Å². The van der Waals surface area contributed by atoms with Crippen LogP contribution in [-0.2, 0) is 7.05 Å². The van der Waals surface area contributed by atoms with E-state index in [1.165, 1.54) is 0 Å². The van der Waals surface area contributed by atoms with Crippen molar-refractivity contribution >= 4 is 11.7 Å². The lowest BCUT2D eigenvalue weighted by atomic mass is 10.1. The van der Waals surface area contributed by atoms with E-state index in [0.29, 0.717) is 11.5 Å². The lowest BCUT2D eigenvalue weighted by Crippen LogP contribution is -2.14. The van der Waals surface area contributed by atoms with Gasteiger partial charge in [0.15, 0.2) is 5.69 Å². The molecule has 0 fully saturated rings. The second-order valence-electron chi connectivity index (χ2n) is 5.02. The molecule has 0 aliphatic carbocycles. The van der Waals surface area contributed by atoms with Crippen molar-refractivity contribution in [3.05, 3.63) is 66.0 Å². The highest BCUT2D eigenvalue weighted by Gasteiger charge is 2.14. The topological polar surface area (TPSA) is 59.8 Å². The van der Waals surface area contributed by atoms with Gasteiger partial charge in [-0.2, -0.15) is 5.10 Å². The van der Waals surface area contributed by atoms with Crippen molar-refractivity contribution in [3.63, 3.8) is 0 Å². The van der Waals surface area contributed by atoms with Crippen LogP contribution in [0.1, 0.15) is 16.2 Å². The fourth-order valence-electron chi connectivity index (χ4n) is 2.25. The Balaban J connectivity index is 1.85. The Morgan fingerprint density at radius 1 is 1.09 bits per heavy atom. The van der Waals surface area contributed by atoms with Crippen molar-refractivity contribution < 1.29 is 4.79 Å². The molecule has 0 aliphatic rings. The molecule has 0 radical (unpaired) electrons. The SMILES string of the molecule is Cc1cccc(NC(=O)c2cc(-c3ccccc3)n(C)n2)n1. The van der Waals surface area contributed by atoms with Crippen LogP contribution < -0.4 is 5.32 Å². The van der Waals surface area contributed by atoms with E-state index in [1.807, 2.05) is 56.4 Å². The number of nitrogens with one attached hydrogen (secondary N) is 1. The number of amides is 1. The van der Waals surface area contributed by atoms with E-state index in [-0.39, 0.29) is 5.91 Å². The number of pyridine rings is 1. The van der Waals surface area contributed by atoms with Gasteiger partial charge in [0.2, 0.25) is 0 Å². The molecule has 110 valence electrons. The predicted molar refractivity (Wildman–Crippen MR) is 85.6 cm³/mol. The maximum atomic E-state index is 12.3. The molecule has 5 heteroatoms. The fraction of sp³-hybridized carbons (Fsp3) is 0.118. The van der Waals surface area contributed by atoms with Gasteiger partial charge in [-0.3, -0.25) is 9.48 Å². The summed E-state index contributed by atoms with van der Waals surface area (Å²) in [6.07, 6.45) is 0. The van der Waals surface area contributed by atoms with E-state index < -0.39 is 0 Å². The fourth-order valence-corrected chi connectivity index (χ4v) is 2.25. The molecule has 1 aromatic carbocycles. The molecule has 2 aromatic heterocycles. The first kappa shape index (κ1) is 14.0. The quantitative estimate of drug-likeness (QED) is 0.807. The Morgan fingerprint density at radius 2 is 1.86 bits per heavy atom. The molecule has 22 heavy (non-hydrogen) atoms. The standard InChI is InChI=1S/C17H16N4O/c1-12-7-6-10-16(18-12)19-17(22)14-11-15(21(2)20-14)13-8-4-3-5-9-13/h3-11H,1-2H3,(H,18,19,22). The minimum atomic E-state index is -0.268. The maximum absolute atomic E-state index is 12.3. The third-order valence-electron chi connectivity index (χ3n) is 3.31. The third-order valence-corrected chi connectivity index (χ3v) is 3.31. The Hall–Kier alpha value is -2.95. The smallest absolute Gasteiger partial charge is 0.277 e. The number of benzene rings is 1. The first-order chi connectivity index (χ1) is 10.6. The maximum Gasteiger partial charge on any atom is 0.277 e. The lowest BCUT2D eigenvalue weighted by Gasteiger charge is -2.02. The van der Waals surface area contributed by atoms with Crippen LogP contribution in [0.25, 0.3) is 11.3 Å². The van der Waals surface area contributed by atoms with Crippen LogP contribution in [0.2, 0.25) is 0 Å². The van der Waals surface area contributed by atoms with Crippen molar-refractivity contribution in [1.82, 2.24) is 14.8 Å². The van der Waals surface area contributed by atoms with Crippen molar-refractivity contribution in [2.75, 3.05) is 5.32 Å². The number of rotatable bonds is 3. The number of hydrogen-bond donors (Lipinski definition) is 1. The zero-order valence-corrected chi connectivity index (χ0v) is 12.4. The van der Waals surface area contributed by atoms with Gasteiger partial charge >= 0.3 is 0 Å². The number of carbonyl (C=O) groups is 1. The summed E-state index contributed by atoms with van der Waals surface area (Å²) in [4.78, 5) is 16.6. The van der Waals surface area contributed by atoms with Crippen molar-refractivity contribution in [2.45, 2.75) is 6.92 Å². The van der Waals surface area contributed by atoms with Gasteiger partial charge in [0.05, 0.1) is 5.69 Å². The number of nitrogens with zero attached hydrogens (tertiary/aromatic N) is 3. The molecule has 0 saturated heterocycles. The Bertz CT molecular complexity index is 809. The minimum absolute atomic E-state index is 0.268. The highest BCUT2D eigenvalue weighted by Crippen LogP contribution is 2.19. The van der Waals surface area contributed by atoms with E-state index >= 15 is 0 Å². The molecule has 1 N–H and O–H groups in total. The molecular weight excluding hydrogens is 276 g/mol. The average Bonchev–Trinajstić information content (AvgIpc) is 2.90. The molecule has 1 amide bonds. The zero-order valence-electron chi connectivity index (χ0n) is 12.4. The average molecular weight is 292 g/mol. The largest absolute Gasteiger partial charge is 0.305 e. The van der Waals surface area contributed by atoms with Crippen LogP contribution >= 0.6 is 0 Å². The highest BCUT2D eigenvalue weighted by atomic mass is 16.2. The number of carbonyl (C=O) groups excluding carboxylic acids is 1. The van der Waals surface area contributed by atoms with Crippen LogP contribution in [0.5, 0.6) is 0 Å². The number of aryl methyl sites for hydroxylation is 2. The van der Waals surface area contributed by atoms with Crippen LogP contribution in [0.4, 0.5) is 5.82 Å². The lowest BCUT2D eigenvalue weighted by molar-refractivity contribution is 0.102. The van der Waals surface area contributed by atoms with Gasteiger partial charge in [-0.05, 0) is 30.7 Å². The van der Waals surface area contributed by atoms with Crippen LogP contribution in [0.3, 0.4) is 0 Å². The van der Waals surface area contributed by atoms with Crippen LogP contribution in [0.15, 0.2) is 54.6 Å². The molecule has 0 aliphatic heterocycles. The molecule has 3 aromatic rings. The summed E-state index contributed by atoms with van der Waals surface area (Å²) in [6.45, 7) is 1.88. The van der Waals surface area contributed by atoms with Crippen molar-refractivity contribution in [3.8, 4) is 11.3 Å². The summed E-state index contributed by atoms with van der Waals surface area (Å²) in [5.74, 6) is 0.257. The molecule has 5 nitrogen and oxygen atoms in total. The first-order valence-electron chi connectivity index (χ1n) is 6.98. The number of hydrogen-bond acceptors (Lipinski definition) is 3. The Labute approximate surface area is 128 Å². The van der Waals surface area contributed by atoms with E-state index in [2.05, 4.69) is 15.4 Å². The summed E-state index contributed by atoms with van der Waals surface area (Å²) in [6, 6.07) is 17.1. The van der Waals surface area contributed by atoms with Crippen LogP contribution in [0, 0.1) is 6.92 Å². The third kappa shape index (κ3) is 2.88. The minimum Gasteiger partial charge on any atom is -0.305 e. The molecule has 0 bridgehead atoms. The molecule has 0 saturated carbocycles.